The Bertz CT molecular complexity index is 1020. The molecule has 0 spiro atoms. The molecule has 1 aliphatic heterocycles. The quantitative estimate of drug-likeness (QED) is 0.492. The molecule has 0 unspecified atom stereocenters. The van der Waals surface area contributed by atoms with Crippen LogP contribution in [0.5, 0.6) is 11.5 Å². The van der Waals surface area contributed by atoms with Crippen molar-refractivity contribution >= 4 is 17.7 Å². The van der Waals surface area contributed by atoms with Crippen molar-refractivity contribution < 1.29 is 33.3 Å². The van der Waals surface area contributed by atoms with Gasteiger partial charge in [0, 0.05) is 22.5 Å². The van der Waals surface area contributed by atoms with Gasteiger partial charge in [-0.2, -0.15) is 0 Å². The maximum atomic E-state index is 13.8. The van der Waals surface area contributed by atoms with Gasteiger partial charge in [-0.25, -0.2) is 4.79 Å². The molecule has 1 N–H and O–H groups in total. The number of hydrogen-bond donors (Lipinski definition) is 1. The molecule has 1 aromatic carbocycles. The molecule has 33 heavy (non-hydrogen) atoms. The number of esters is 2. The molecular formula is C25H31NO7. The monoisotopic (exact) mass is 457 g/mol. The molecular weight excluding hydrogens is 426 g/mol. The minimum Gasteiger partial charge on any atom is -0.497 e. The fraction of sp³-hybridized carbons (Fsp3) is 0.480. The summed E-state index contributed by atoms with van der Waals surface area (Å²) in [6.45, 7) is 5.78. The number of rotatable bonds is 7. The first kappa shape index (κ1) is 24.4. The van der Waals surface area contributed by atoms with E-state index in [1.54, 1.807) is 25.1 Å². The van der Waals surface area contributed by atoms with E-state index in [0.717, 1.165) is 0 Å². The normalized spacial score (nSPS) is 22.4. The van der Waals surface area contributed by atoms with E-state index < -0.39 is 23.8 Å². The van der Waals surface area contributed by atoms with Gasteiger partial charge in [-0.3, -0.25) is 9.59 Å². The molecule has 0 aromatic heterocycles. The zero-order valence-corrected chi connectivity index (χ0v) is 19.9. The summed E-state index contributed by atoms with van der Waals surface area (Å²) in [5.41, 5.74) is 2.53. The fourth-order valence-corrected chi connectivity index (χ4v) is 4.60. The first-order chi connectivity index (χ1) is 15.8. The predicted molar refractivity (Wildman–Crippen MR) is 121 cm³/mol. The van der Waals surface area contributed by atoms with Crippen LogP contribution in [-0.2, 0) is 23.9 Å². The van der Waals surface area contributed by atoms with Crippen LogP contribution in [-0.4, -0.2) is 45.7 Å². The lowest BCUT2D eigenvalue weighted by Gasteiger charge is -2.38. The summed E-state index contributed by atoms with van der Waals surface area (Å²) in [6.07, 6.45) is 1.12. The van der Waals surface area contributed by atoms with Crippen molar-refractivity contribution in [3.63, 3.8) is 0 Å². The summed E-state index contributed by atoms with van der Waals surface area (Å²) in [4.78, 5) is 39.5. The molecule has 0 saturated carbocycles. The van der Waals surface area contributed by atoms with E-state index in [9.17, 15) is 14.4 Å². The van der Waals surface area contributed by atoms with Crippen molar-refractivity contribution in [2.75, 3.05) is 27.9 Å². The largest absolute Gasteiger partial charge is 0.497 e. The van der Waals surface area contributed by atoms with E-state index in [2.05, 4.69) is 5.32 Å². The van der Waals surface area contributed by atoms with E-state index in [1.807, 2.05) is 13.8 Å². The molecule has 0 bridgehead atoms. The van der Waals surface area contributed by atoms with E-state index in [4.69, 9.17) is 18.9 Å². The molecule has 8 heteroatoms. The number of methoxy groups -OCH3 is 3. The van der Waals surface area contributed by atoms with E-state index in [1.165, 1.54) is 21.3 Å². The average Bonchev–Trinajstić information content (AvgIpc) is 2.80. The highest BCUT2D eigenvalue weighted by atomic mass is 16.5. The molecule has 178 valence electrons. The molecule has 0 amide bonds. The van der Waals surface area contributed by atoms with Crippen molar-refractivity contribution in [1.29, 1.82) is 0 Å². The molecule has 3 rings (SSSR count). The average molecular weight is 458 g/mol. The first-order valence-electron chi connectivity index (χ1n) is 11.0. The number of carbonyl (C=O) groups excluding carboxylic acids is 3. The van der Waals surface area contributed by atoms with Gasteiger partial charge in [-0.1, -0.05) is 13.8 Å². The SMILES string of the molecule is CCCOC(=O)C1=C(C)NC2=C(C(=O)[C@H](C(=O)OC)[C@H](C)C2)[C@@H]1c1cc(OC)ccc1OC. The van der Waals surface area contributed by atoms with Crippen LogP contribution in [0.2, 0.25) is 0 Å². The van der Waals surface area contributed by atoms with Gasteiger partial charge in [-0.05, 0) is 43.9 Å². The number of ketones is 1. The summed E-state index contributed by atoms with van der Waals surface area (Å²) in [5.74, 6) is -2.45. The summed E-state index contributed by atoms with van der Waals surface area (Å²) in [5, 5.41) is 3.24. The third-order valence-electron chi connectivity index (χ3n) is 6.15. The van der Waals surface area contributed by atoms with Gasteiger partial charge in [0.05, 0.1) is 39.4 Å². The molecule has 1 heterocycles. The number of nitrogens with one attached hydrogen (secondary N) is 1. The van der Waals surface area contributed by atoms with Crippen LogP contribution in [0.4, 0.5) is 0 Å². The Balaban J connectivity index is 2.25. The lowest BCUT2D eigenvalue weighted by molar-refractivity contribution is -0.151. The Kier molecular flexibility index (Phi) is 7.46. The Morgan fingerprint density at radius 2 is 1.88 bits per heavy atom. The first-order valence-corrected chi connectivity index (χ1v) is 11.0. The highest BCUT2D eigenvalue weighted by Gasteiger charge is 2.48. The summed E-state index contributed by atoms with van der Waals surface area (Å²) in [6, 6.07) is 5.22. The summed E-state index contributed by atoms with van der Waals surface area (Å²) < 4.78 is 21.4. The summed E-state index contributed by atoms with van der Waals surface area (Å²) in [7, 11) is 4.33. The Morgan fingerprint density at radius 3 is 2.48 bits per heavy atom. The Labute approximate surface area is 193 Å². The number of hydrogen-bond acceptors (Lipinski definition) is 8. The van der Waals surface area contributed by atoms with Crippen LogP contribution >= 0.6 is 0 Å². The van der Waals surface area contributed by atoms with Gasteiger partial charge in [0.2, 0.25) is 0 Å². The van der Waals surface area contributed by atoms with E-state index >= 15 is 0 Å². The second-order valence-electron chi connectivity index (χ2n) is 8.28. The highest BCUT2D eigenvalue weighted by molar-refractivity contribution is 6.12. The lowest BCUT2D eigenvalue weighted by Crippen LogP contribution is -2.43. The molecule has 1 aromatic rings. The number of dihydropyridines is 1. The van der Waals surface area contributed by atoms with Gasteiger partial charge in [-0.15, -0.1) is 0 Å². The third kappa shape index (κ3) is 4.47. The minimum absolute atomic E-state index is 0.249. The maximum absolute atomic E-state index is 13.8. The van der Waals surface area contributed by atoms with Gasteiger partial charge in [0.25, 0.3) is 0 Å². The van der Waals surface area contributed by atoms with Crippen molar-refractivity contribution in [2.24, 2.45) is 11.8 Å². The van der Waals surface area contributed by atoms with Gasteiger partial charge in [0.15, 0.2) is 5.78 Å². The number of benzene rings is 1. The zero-order chi connectivity index (χ0) is 24.3. The van der Waals surface area contributed by atoms with Crippen molar-refractivity contribution in [1.82, 2.24) is 5.32 Å². The number of Topliss-reactive ketones (excluding diaryl/α,β-unsaturated/α-hetero) is 1. The van der Waals surface area contributed by atoms with Crippen LogP contribution in [0.1, 0.15) is 45.1 Å². The molecule has 8 nitrogen and oxygen atoms in total. The fourth-order valence-electron chi connectivity index (χ4n) is 4.60. The van der Waals surface area contributed by atoms with Gasteiger partial charge in [0.1, 0.15) is 17.4 Å². The van der Waals surface area contributed by atoms with Crippen molar-refractivity contribution in [2.45, 2.75) is 39.5 Å². The molecule has 0 fully saturated rings. The number of allylic oxidation sites excluding steroid dienone is 3. The van der Waals surface area contributed by atoms with Crippen molar-refractivity contribution in [3.8, 4) is 11.5 Å². The van der Waals surface area contributed by atoms with E-state index in [-0.39, 0.29) is 18.3 Å². The van der Waals surface area contributed by atoms with Crippen molar-refractivity contribution in [3.05, 3.63) is 46.3 Å². The molecule has 1 aliphatic carbocycles. The molecule has 0 radical (unpaired) electrons. The maximum Gasteiger partial charge on any atom is 0.336 e. The predicted octanol–water partition coefficient (Wildman–Crippen LogP) is 3.27. The van der Waals surface area contributed by atoms with Gasteiger partial charge >= 0.3 is 11.9 Å². The van der Waals surface area contributed by atoms with E-state index in [0.29, 0.717) is 52.4 Å². The number of carbonyl (C=O) groups is 3. The van der Waals surface area contributed by atoms with Gasteiger partial charge < -0.3 is 24.3 Å². The second kappa shape index (κ2) is 10.1. The molecule has 3 atom stereocenters. The topological polar surface area (TPSA) is 100 Å². The third-order valence-corrected chi connectivity index (χ3v) is 6.15. The summed E-state index contributed by atoms with van der Waals surface area (Å²) >= 11 is 0. The van der Waals surface area contributed by atoms with Crippen LogP contribution < -0.4 is 14.8 Å². The Hall–Kier alpha value is -3.29. The highest BCUT2D eigenvalue weighted by Crippen LogP contribution is 2.48. The Morgan fingerprint density at radius 1 is 1.15 bits per heavy atom. The van der Waals surface area contributed by atoms with Crippen LogP contribution in [0, 0.1) is 11.8 Å². The second-order valence-corrected chi connectivity index (χ2v) is 8.28. The minimum atomic E-state index is -0.957. The standard InChI is InChI=1S/C25H31NO7/c1-7-10-33-25(29)20-14(3)26-17-11-13(2)19(24(28)32-6)23(27)22(17)21(20)16-12-15(30-4)8-9-18(16)31-5/h8-9,12-13,19,21,26H,7,10-11H2,1-6H3/t13-,19-,21-/m1/s1. The number of ether oxygens (including phenoxy) is 4. The van der Waals surface area contributed by atoms with Crippen LogP contribution in [0.3, 0.4) is 0 Å². The smallest absolute Gasteiger partial charge is 0.336 e. The molecule has 0 saturated heterocycles. The molecule has 2 aliphatic rings. The lowest BCUT2D eigenvalue weighted by atomic mass is 9.69. The zero-order valence-electron chi connectivity index (χ0n) is 19.9. The van der Waals surface area contributed by atoms with Crippen LogP contribution in [0.25, 0.3) is 0 Å². The van der Waals surface area contributed by atoms with Crippen LogP contribution in [0.15, 0.2) is 40.7 Å².